The summed E-state index contributed by atoms with van der Waals surface area (Å²) in [7, 11) is -3.22. The molecule has 0 aliphatic carbocycles. The first-order valence-corrected chi connectivity index (χ1v) is 6.49. The molecule has 5 nitrogen and oxygen atoms in total. The van der Waals surface area contributed by atoms with E-state index in [1.54, 1.807) is 6.92 Å². The van der Waals surface area contributed by atoms with Crippen molar-refractivity contribution in [3.8, 4) is 0 Å². The molecule has 0 aromatic rings. The van der Waals surface area contributed by atoms with Crippen molar-refractivity contribution in [1.82, 2.24) is 9.03 Å². The van der Waals surface area contributed by atoms with Crippen molar-refractivity contribution >= 4 is 10.2 Å². The van der Waals surface area contributed by atoms with Gasteiger partial charge in [-0.05, 0) is 25.3 Å². The Hall–Kier alpha value is -0.170. The molecular formula is C8H19N3O2S. The largest absolute Gasteiger partial charge is 0.330 e. The fourth-order valence-corrected chi connectivity index (χ4v) is 2.90. The third kappa shape index (κ3) is 2.91. The lowest BCUT2D eigenvalue weighted by Gasteiger charge is -2.30. The van der Waals surface area contributed by atoms with Crippen LogP contribution in [-0.4, -0.2) is 38.9 Å². The Labute approximate surface area is 85.8 Å². The fourth-order valence-electron chi connectivity index (χ4n) is 1.66. The predicted octanol–water partition coefficient (Wildman–Crippen LogP) is -0.489. The lowest BCUT2D eigenvalue weighted by atomic mass is 9.99. The Kier molecular flexibility index (Phi) is 4.31. The van der Waals surface area contributed by atoms with Gasteiger partial charge >= 0.3 is 0 Å². The van der Waals surface area contributed by atoms with E-state index in [1.807, 2.05) is 0 Å². The zero-order valence-corrected chi connectivity index (χ0v) is 9.39. The second-order valence-electron chi connectivity index (χ2n) is 3.58. The van der Waals surface area contributed by atoms with Gasteiger partial charge in [-0.15, -0.1) is 0 Å². The molecule has 1 fully saturated rings. The normalized spacial score (nSPS) is 21.3. The molecule has 1 heterocycles. The minimum atomic E-state index is -3.22. The second kappa shape index (κ2) is 5.06. The Morgan fingerprint density at radius 2 is 2.00 bits per heavy atom. The summed E-state index contributed by atoms with van der Waals surface area (Å²) >= 11 is 0. The maximum Gasteiger partial charge on any atom is 0.279 e. The van der Waals surface area contributed by atoms with E-state index < -0.39 is 10.2 Å². The summed E-state index contributed by atoms with van der Waals surface area (Å²) < 4.78 is 27.1. The minimum absolute atomic E-state index is 0.444. The Balaban J connectivity index is 2.49. The summed E-state index contributed by atoms with van der Waals surface area (Å²) in [5.41, 5.74) is 5.53. The van der Waals surface area contributed by atoms with Crippen LogP contribution in [0.4, 0.5) is 0 Å². The van der Waals surface area contributed by atoms with Gasteiger partial charge in [0.15, 0.2) is 0 Å². The van der Waals surface area contributed by atoms with Crippen LogP contribution in [0.2, 0.25) is 0 Å². The summed E-state index contributed by atoms with van der Waals surface area (Å²) in [4.78, 5) is 0. The molecule has 84 valence electrons. The highest BCUT2D eigenvalue weighted by molar-refractivity contribution is 7.87. The lowest BCUT2D eigenvalue weighted by Crippen LogP contribution is -2.45. The number of rotatable bonds is 4. The van der Waals surface area contributed by atoms with Gasteiger partial charge in [0.05, 0.1) is 0 Å². The molecule has 0 radical (unpaired) electrons. The number of hydrogen-bond donors (Lipinski definition) is 2. The topological polar surface area (TPSA) is 75.4 Å². The van der Waals surface area contributed by atoms with Gasteiger partial charge in [0.1, 0.15) is 0 Å². The molecule has 0 amide bonds. The van der Waals surface area contributed by atoms with Crippen molar-refractivity contribution in [2.45, 2.75) is 19.8 Å². The highest BCUT2D eigenvalue weighted by Crippen LogP contribution is 2.17. The van der Waals surface area contributed by atoms with Gasteiger partial charge in [-0.25, -0.2) is 4.72 Å². The van der Waals surface area contributed by atoms with Gasteiger partial charge in [0.25, 0.3) is 10.2 Å². The highest BCUT2D eigenvalue weighted by atomic mass is 32.2. The highest BCUT2D eigenvalue weighted by Gasteiger charge is 2.26. The van der Waals surface area contributed by atoms with E-state index in [0.717, 1.165) is 12.8 Å². The van der Waals surface area contributed by atoms with Gasteiger partial charge in [0, 0.05) is 19.6 Å². The van der Waals surface area contributed by atoms with E-state index in [-0.39, 0.29) is 0 Å². The van der Waals surface area contributed by atoms with Crippen LogP contribution < -0.4 is 10.5 Å². The average Bonchev–Trinajstić information content (AvgIpc) is 2.18. The average molecular weight is 221 g/mol. The van der Waals surface area contributed by atoms with Crippen LogP contribution in [0.15, 0.2) is 0 Å². The third-order valence-corrected chi connectivity index (χ3v) is 4.27. The van der Waals surface area contributed by atoms with Crippen LogP contribution in [-0.2, 0) is 10.2 Å². The van der Waals surface area contributed by atoms with Crippen molar-refractivity contribution in [2.75, 3.05) is 26.2 Å². The number of nitrogens with two attached hydrogens (primary N) is 1. The number of nitrogens with zero attached hydrogens (tertiary/aromatic N) is 1. The number of hydrogen-bond acceptors (Lipinski definition) is 3. The zero-order chi connectivity index (χ0) is 10.6. The lowest BCUT2D eigenvalue weighted by molar-refractivity contribution is 0.276. The van der Waals surface area contributed by atoms with E-state index in [0.29, 0.717) is 32.1 Å². The molecule has 0 unspecified atom stereocenters. The first-order valence-electron chi connectivity index (χ1n) is 5.05. The van der Waals surface area contributed by atoms with E-state index in [4.69, 9.17) is 5.73 Å². The molecule has 0 bridgehead atoms. The third-order valence-electron chi connectivity index (χ3n) is 2.57. The molecule has 1 aliphatic rings. The molecule has 0 atom stereocenters. The van der Waals surface area contributed by atoms with E-state index in [9.17, 15) is 8.42 Å². The van der Waals surface area contributed by atoms with E-state index in [1.165, 1.54) is 4.31 Å². The molecule has 14 heavy (non-hydrogen) atoms. The first-order chi connectivity index (χ1) is 6.60. The van der Waals surface area contributed by atoms with E-state index >= 15 is 0 Å². The summed E-state index contributed by atoms with van der Waals surface area (Å²) in [5, 5.41) is 0. The Morgan fingerprint density at radius 3 is 2.43 bits per heavy atom. The monoisotopic (exact) mass is 221 g/mol. The van der Waals surface area contributed by atoms with Crippen molar-refractivity contribution < 1.29 is 8.42 Å². The smallest absolute Gasteiger partial charge is 0.279 e. The summed E-state index contributed by atoms with van der Waals surface area (Å²) in [6.07, 6.45) is 1.75. The van der Waals surface area contributed by atoms with Crippen LogP contribution in [0.5, 0.6) is 0 Å². The zero-order valence-electron chi connectivity index (χ0n) is 8.57. The van der Waals surface area contributed by atoms with Crippen molar-refractivity contribution in [2.24, 2.45) is 11.7 Å². The van der Waals surface area contributed by atoms with Gasteiger partial charge in [-0.2, -0.15) is 12.7 Å². The summed E-state index contributed by atoms with van der Waals surface area (Å²) in [6.45, 7) is 4.08. The number of nitrogens with one attached hydrogen (secondary N) is 1. The molecule has 0 aromatic carbocycles. The van der Waals surface area contributed by atoms with Crippen molar-refractivity contribution in [1.29, 1.82) is 0 Å². The summed E-state index contributed by atoms with van der Waals surface area (Å²) in [6, 6.07) is 0. The van der Waals surface area contributed by atoms with Crippen LogP contribution in [0.25, 0.3) is 0 Å². The standard InChI is InChI=1S/C8H19N3O2S/c1-2-10-14(12,13)11-5-3-8(7-9)4-6-11/h8,10H,2-7,9H2,1H3. The molecule has 0 aromatic heterocycles. The molecule has 1 saturated heterocycles. The van der Waals surface area contributed by atoms with Crippen molar-refractivity contribution in [3.05, 3.63) is 0 Å². The van der Waals surface area contributed by atoms with E-state index in [2.05, 4.69) is 4.72 Å². The second-order valence-corrected chi connectivity index (χ2v) is 5.34. The molecule has 1 aliphatic heterocycles. The number of piperidine rings is 1. The van der Waals surface area contributed by atoms with Gasteiger partial charge in [-0.1, -0.05) is 6.92 Å². The van der Waals surface area contributed by atoms with Crippen molar-refractivity contribution in [3.63, 3.8) is 0 Å². The van der Waals surface area contributed by atoms with Crippen LogP contribution >= 0.6 is 0 Å². The van der Waals surface area contributed by atoms with Crippen LogP contribution in [0.3, 0.4) is 0 Å². The maximum atomic E-state index is 11.6. The molecule has 1 rings (SSSR count). The molecule has 0 saturated carbocycles. The van der Waals surface area contributed by atoms with Crippen LogP contribution in [0, 0.1) is 5.92 Å². The molecule has 6 heteroatoms. The molecule has 3 N–H and O–H groups in total. The quantitative estimate of drug-likeness (QED) is 0.673. The SMILES string of the molecule is CCNS(=O)(=O)N1CCC(CN)CC1. The van der Waals surface area contributed by atoms with Gasteiger partial charge in [-0.3, -0.25) is 0 Å². The van der Waals surface area contributed by atoms with Gasteiger partial charge < -0.3 is 5.73 Å². The Bertz CT molecular complexity index is 258. The van der Waals surface area contributed by atoms with Gasteiger partial charge in [0.2, 0.25) is 0 Å². The predicted molar refractivity (Wildman–Crippen MR) is 55.9 cm³/mol. The first kappa shape index (κ1) is 11.9. The fraction of sp³-hybridized carbons (Fsp3) is 1.00. The van der Waals surface area contributed by atoms with Crippen LogP contribution in [0.1, 0.15) is 19.8 Å². The Morgan fingerprint density at radius 1 is 1.43 bits per heavy atom. The molecule has 0 spiro atoms. The molecular weight excluding hydrogens is 202 g/mol. The summed E-state index contributed by atoms with van der Waals surface area (Å²) in [5.74, 6) is 0.489. The minimum Gasteiger partial charge on any atom is -0.330 e. The maximum absolute atomic E-state index is 11.6.